The number of thioether (sulfide) groups is 1. The van der Waals surface area contributed by atoms with Crippen LogP contribution in [0, 0.1) is 0 Å². The summed E-state index contributed by atoms with van der Waals surface area (Å²) in [5.74, 6) is -1.39. The van der Waals surface area contributed by atoms with Crippen LogP contribution >= 0.6 is 11.8 Å². The maximum Gasteiger partial charge on any atom is 0.340 e. The molecular weight excluding hydrogens is 328 g/mol. The number of hydrogen-bond acceptors (Lipinski definition) is 5. The molecule has 0 saturated heterocycles. The van der Waals surface area contributed by atoms with Gasteiger partial charge in [0, 0.05) is 11.4 Å². The molecule has 1 aliphatic rings. The van der Waals surface area contributed by atoms with Crippen molar-refractivity contribution in [1.29, 1.82) is 0 Å². The molecule has 3 rings (SSSR count). The van der Waals surface area contributed by atoms with E-state index in [2.05, 4.69) is 9.84 Å². The van der Waals surface area contributed by atoms with E-state index >= 15 is 0 Å². The van der Waals surface area contributed by atoms with E-state index < -0.39 is 11.9 Å². The van der Waals surface area contributed by atoms with Gasteiger partial charge in [-0.3, -0.25) is 0 Å². The van der Waals surface area contributed by atoms with Gasteiger partial charge in [-0.05, 0) is 37.1 Å². The van der Waals surface area contributed by atoms with Gasteiger partial charge in [-0.15, -0.1) is 11.8 Å². The number of benzene rings is 1. The van der Waals surface area contributed by atoms with Gasteiger partial charge < -0.3 is 9.84 Å². The molecule has 1 heterocycles. The monoisotopic (exact) mass is 346 g/mol. The topological polar surface area (TPSA) is 81.4 Å². The second kappa shape index (κ2) is 7.09. The Labute approximate surface area is 143 Å². The molecule has 0 amide bonds. The van der Waals surface area contributed by atoms with Crippen LogP contribution in [0.25, 0.3) is 5.69 Å². The lowest BCUT2D eigenvalue weighted by Crippen LogP contribution is -2.02. The van der Waals surface area contributed by atoms with Crippen molar-refractivity contribution >= 4 is 23.7 Å². The Bertz CT molecular complexity index is 748. The minimum absolute atomic E-state index is 0.212. The smallest absolute Gasteiger partial charge is 0.340 e. The number of nitrogens with zero attached hydrogens (tertiary/aromatic N) is 2. The van der Waals surface area contributed by atoms with Crippen LogP contribution in [0.2, 0.25) is 0 Å². The van der Waals surface area contributed by atoms with Gasteiger partial charge in [-0.25, -0.2) is 14.3 Å². The predicted molar refractivity (Wildman–Crippen MR) is 90.0 cm³/mol. The molecule has 1 N–H and O–H groups in total. The summed E-state index contributed by atoms with van der Waals surface area (Å²) in [5.41, 5.74) is 1.35. The molecule has 2 aromatic rings. The lowest BCUT2D eigenvalue weighted by atomic mass is 10.2. The van der Waals surface area contributed by atoms with Crippen molar-refractivity contribution in [2.24, 2.45) is 0 Å². The van der Waals surface area contributed by atoms with E-state index in [4.69, 9.17) is 0 Å². The van der Waals surface area contributed by atoms with Gasteiger partial charge in [-0.1, -0.05) is 12.8 Å². The number of carboxylic acid groups (broad SMARTS) is 1. The lowest BCUT2D eigenvalue weighted by Gasteiger charge is -2.06. The van der Waals surface area contributed by atoms with Crippen LogP contribution in [-0.4, -0.2) is 39.2 Å². The fraction of sp³-hybridized carbons (Fsp3) is 0.353. The molecule has 0 radical (unpaired) electrons. The second-order valence-corrected chi connectivity index (χ2v) is 6.95. The average Bonchev–Trinajstić information content (AvgIpc) is 3.24. The van der Waals surface area contributed by atoms with Gasteiger partial charge >= 0.3 is 11.9 Å². The Morgan fingerprint density at radius 1 is 1.25 bits per heavy atom. The Morgan fingerprint density at radius 3 is 2.50 bits per heavy atom. The number of aromatic carboxylic acids is 1. The predicted octanol–water partition coefficient (Wildman–Crippen LogP) is 3.39. The zero-order valence-electron chi connectivity index (χ0n) is 13.3. The summed E-state index contributed by atoms with van der Waals surface area (Å²) in [7, 11) is 1.33. The summed E-state index contributed by atoms with van der Waals surface area (Å²) < 4.78 is 6.21. The fourth-order valence-electron chi connectivity index (χ4n) is 2.76. The van der Waals surface area contributed by atoms with E-state index in [1.807, 2.05) is 0 Å². The van der Waals surface area contributed by atoms with Crippen molar-refractivity contribution in [3.05, 3.63) is 41.6 Å². The van der Waals surface area contributed by atoms with Crippen molar-refractivity contribution in [2.45, 2.75) is 36.0 Å². The number of carbonyl (C=O) groups is 2. The molecule has 1 aliphatic carbocycles. The third kappa shape index (κ3) is 3.46. The molecule has 126 valence electrons. The molecule has 0 bridgehead atoms. The highest BCUT2D eigenvalue weighted by atomic mass is 32.2. The zero-order valence-corrected chi connectivity index (χ0v) is 14.1. The van der Waals surface area contributed by atoms with Gasteiger partial charge in [0.15, 0.2) is 0 Å². The average molecular weight is 346 g/mol. The van der Waals surface area contributed by atoms with Gasteiger partial charge in [0.25, 0.3) is 0 Å². The van der Waals surface area contributed by atoms with Gasteiger partial charge in [0.1, 0.15) is 10.6 Å². The molecule has 24 heavy (non-hydrogen) atoms. The Balaban J connectivity index is 1.87. The fourth-order valence-corrected chi connectivity index (χ4v) is 4.04. The zero-order chi connectivity index (χ0) is 17.1. The molecule has 0 unspecified atom stereocenters. The maximum atomic E-state index is 11.5. The first-order valence-electron chi connectivity index (χ1n) is 7.77. The molecule has 1 fully saturated rings. The van der Waals surface area contributed by atoms with Crippen molar-refractivity contribution in [1.82, 2.24) is 9.78 Å². The number of hydrogen-bond donors (Lipinski definition) is 1. The number of ether oxygens (including phenoxy) is 1. The third-order valence-electron chi connectivity index (χ3n) is 4.04. The molecule has 7 heteroatoms. The van der Waals surface area contributed by atoms with Crippen LogP contribution < -0.4 is 0 Å². The maximum absolute atomic E-state index is 11.5. The highest BCUT2D eigenvalue weighted by molar-refractivity contribution is 7.99. The molecule has 0 spiro atoms. The number of aromatic nitrogens is 2. The van der Waals surface area contributed by atoms with E-state index in [0.717, 1.165) is 12.8 Å². The van der Waals surface area contributed by atoms with Gasteiger partial charge in [0.05, 0.1) is 18.4 Å². The van der Waals surface area contributed by atoms with Crippen LogP contribution in [0.5, 0.6) is 0 Å². The summed E-state index contributed by atoms with van der Waals surface area (Å²) in [6.45, 7) is 0. The third-order valence-corrected chi connectivity index (χ3v) is 5.37. The minimum Gasteiger partial charge on any atom is -0.478 e. The quantitative estimate of drug-likeness (QED) is 0.836. The number of carboxylic acids is 1. The molecule has 0 aliphatic heterocycles. The first-order valence-corrected chi connectivity index (χ1v) is 8.65. The Kier molecular flexibility index (Phi) is 4.89. The Morgan fingerprint density at radius 2 is 1.92 bits per heavy atom. The molecular formula is C17H18N2O4S. The first-order chi connectivity index (χ1) is 11.6. The summed E-state index contributed by atoms with van der Waals surface area (Å²) in [6, 6.07) is 6.70. The van der Waals surface area contributed by atoms with E-state index in [-0.39, 0.29) is 5.56 Å². The van der Waals surface area contributed by atoms with E-state index in [1.54, 1.807) is 40.7 Å². The summed E-state index contributed by atoms with van der Waals surface area (Å²) >= 11 is 1.55. The number of esters is 1. The Hall–Kier alpha value is -2.28. The van der Waals surface area contributed by atoms with Crippen LogP contribution in [0.4, 0.5) is 0 Å². The lowest BCUT2D eigenvalue weighted by molar-refractivity contribution is 0.0599. The molecule has 1 aromatic carbocycles. The molecule has 0 atom stereocenters. The summed E-state index contributed by atoms with van der Waals surface area (Å²) in [4.78, 5) is 23.0. The van der Waals surface area contributed by atoms with E-state index in [0.29, 0.717) is 21.5 Å². The van der Waals surface area contributed by atoms with Crippen LogP contribution in [0.3, 0.4) is 0 Å². The second-order valence-electron chi connectivity index (χ2n) is 5.66. The summed E-state index contributed by atoms with van der Waals surface area (Å²) in [5, 5.41) is 14.8. The largest absolute Gasteiger partial charge is 0.478 e. The van der Waals surface area contributed by atoms with Crippen LogP contribution in [-0.2, 0) is 4.74 Å². The number of rotatable bonds is 5. The highest BCUT2D eigenvalue weighted by Gasteiger charge is 2.23. The standard InChI is InChI=1S/C17H18N2O4S/c1-23-17(22)11-6-8-12(9-7-11)19-10-14(16(20)21)15(18-19)24-13-4-2-3-5-13/h6-10,13H,2-5H2,1H3,(H,20,21). The van der Waals surface area contributed by atoms with Gasteiger partial charge in [0.2, 0.25) is 0 Å². The SMILES string of the molecule is COC(=O)c1ccc(-n2cc(C(=O)O)c(SC3CCCC3)n2)cc1. The molecule has 1 saturated carbocycles. The first kappa shape index (κ1) is 16.6. The molecule has 6 nitrogen and oxygen atoms in total. The minimum atomic E-state index is -0.979. The van der Waals surface area contributed by atoms with Gasteiger partial charge in [-0.2, -0.15) is 5.10 Å². The molecule has 1 aromatic heterocycles. The van der Waals surface area contributed by atoms with Crippen molar-refractivity contribution < 1.29 is 19.4 Å². The van der Waals surface area contributed by atoms with Crippen LogP contribution in [0.15, 0.2) is 35.5 Å². The number of methoxy groups -OCH3 is 1. The summed E-state index contributed by atoms with van der Waals surface area (Å²) in [6.07, 6.45) is 6.10. The van der Waals surface area contributed by atoms with Crippen LogP contribution in [0.1, 0.15) is 46.4 Å². The highest BCUT2D eigenvalue weighted by Crippen LogP contribution is 2.35. The van der Waals surface area contributed by atoms with Crippen molar-refractivity contribution in [3.63, 3.8) is 0 Å². The van der Waals surface area contributed by atoms with E-state index in [9.17, 15) is 14.7 Å². The van der Waals surface area contributed by atoms with Crippen molar-refractivity contribution in [2.75, 3.05) is 7.11 Å². The normalized spacial score (nSPS) is 14.7. The number of carbonyl (C=O) groups excluding carboxylic acids is 1. The van der Waals surface area contributed by atoms with E-state index in [1.165, 1.54) is 26.1 Å². The van der Waals surface area contributed by atoms with Crippen molar-refractivity contribution in [3.8, 4) is 5.69 Å².